The summed E-state index contributed by atoms with van der Waals surface area (Å²) in [5, 5.41) is 5.49. The molecular weight excluding hydrogens is 1510 g/mol. The van der Waals surface area contributed by atoms with E-state index < -0.39 is 13.5 Å². The lowest BCUT2D eigenvalue weighted by atomic mass is 9.68. The molecule has 5 heteroatoms. The lowest BCUT2D eigenvalue weighted by molar-refractivity contribution is 0.766. The Bertz CT molecular complexity index is 6450. The van der Waals surface area contributed by atoms with Crippen molar-refractivity contribution in [3.63, 3.8) is 0 Å². The molecule has 0 fully saturated rings. The van der Waals surface area contributed by atoms with E-state index in [4.69, 9.17) is 9.97 Å². The van der Waals surface area contributed by atoms with Gasteiger partial charge in [0.15, 0.2) is 8.07 Å². The van der Waals surface area contributed by atoms with E-state index in [0.29, 0.717) is 0 Å². The van der Waals surface area contributed by atoms with Crippen molar-refractivity contribution in [1.29, 1.82) is 0 Å². The summed E-state index contributed by atoms with van der Waals surface area (Å²) < 4.78 is 0. The van der Waals surface area contributed by atoms with E-state index in [-0.39, 0.29) is 0 Å². The van der Waals surface area contributed by atoms with Gasteiger partial charge in [-0.25, -0.2) is 0 Å². The van der Waals surface area contributed by atoms with Crippen molar-refractivity contribution in [3.05, 3.63) is 532 Å². The summed E-state index contributed by atoms with van der Waals surface area (Å²) >= 11 is 0. The molecule has 0 saturated heterocycles. The molecule has 18 aromatic carbocycles. The second kappa shape index (κ2) is 33.3. The first-order chi connectivity index (χ1) is 61.5. The van der Waals surface area contributed by atoms with Crippen LogP contribution in [0, 0.1) is 0 Å². The molecule has 0 spiro atoms. The summed E-state index contributed by atoms with van der Waals surface area (Å²) in [6.45, 7) is 0. The van der Waals surface area contributed by atoms with Crippen LogP contribution in [0.1, 0.15) is 22.3 Å². The smallest absolute Gasteiger partial charge is 0.182 e. The third-order valence-corrected chi connectivity index (χ3v) is 29.7. The van der Waals surface area contributed by atoms with Crippen LogP contribution in [-0.2, 0) is 5.41 Å². The zero-order valence-corrected chi connectivity index (χ0v) is 69.3. The first kappa shape index (κ1) is 75.5. The molecule has 0 unspecified atom stereocenters. The minimum Gasteiger partial charge on any atom is -0.311 e. The van der Waals surface area contributed by atoms with Crippen LogP contribution in [0.15, 0.2) is 510 Å². The second-order valence-electron chi connectivity index (χ2n) is 31.8. The van der Waals surface area contributed by atoms with Gasteiger partial charge in [0.05, 0.1) is 16.8 Å². The fourth-order valence-corrected chi connectivity index (χ4v) is 24.2. The molecule has 1 aliphatic carbocycles. The van der Waals surface area contributed by atoms with Gasteiger partial charge in [-0.05, 0) is 229 Å². The highest BCUT2D eigenvalue weighted by Crippen LogP contribution is 2.58. The molecule has 0 radical (unpaired) electrons. The number of rotatable bonds is 18. The minimum absolute atomic E-state index is 0.499. The molecule has 1 aliphatic heterocycles. The number of anilines is 6. The van der Waals surface area contributed by atoms with Gasteiger partial charge in [0.25, 0.3) is 0 Å². The molecule has 0 amide bonds. The van der Waals surface area contributed by atoms with E-state index in [2.05, 4.69) is 507 Å². The highest BCUT2D eigenvalue weighted by atomic mass is 28.3. The lowest BCUT2D eigenvalue weighted by Crippen LogP contribution is -2.72. The van der Waals surface area contributed by atoms with Gasteiger partial charge in [0.1, 0.15) is 0 Å². The number of aromatic nitrogens is 2. The van der Waals surface area contributed by atoms with Crippen molar-refractivity contribution in [2.24, 2.45) is 0 Å². The van der Waals surface area contributed by atoms with Gasteiger partial charge in [0.2, 0.25) is 0 Å². The third kappa shape index (κ3) is 13.9. The maximum atomic E-state index is 5.16. The molecule has 22 rings (SSSR count). The molecule has 0 saturated carbocycles. The maximum Gasteiger partial charge on any atom is 0.182 e. The van der Waals surface area contributed by atoms with Gasteiger partial charge in [-0.1, -0.05) is 400 Å². The number of pyridine rings is 2. The maximum absolute atomic E-state index is 5.16. The van der Waals surface area contributed by atoms with Crippen LogP contribution in [0.5, 0.6) is 0 Å². The highest BCUT2D eigenvalue weighted by Gasteiger charge is 2.51. The quantitative estimate of drug-likeness (QED) is 0.0802. The SMILES string of the molecule is c1ccc(-c2ccc(N(c3ccc(-c4ccccc4)cc3)c3ccc(-c4cccc(-c5cccc6c5-c5ncccc5C6(c5ccccc5)c5ccccc5)c4)cc3)cc2)cc1.c1ccc(-c2ccc(N(c3ccc(-c4ccccc4)cc3)c3ccc(-c4cccc(-c5cccc6c5-c5ncccc5[Si]6(c5ccccc5)c5ccccc5)c4)cc3)cc2)cc1. The second-order valence-corrected chi connectivity index (χ2v) is 35.5. The number of hydrogen-bond donors (Lipinski definition) is 0. The molecule has 584 valence electrons. The Morgan fingerprint density at radius 2 is 0.452 bits per heavy atom. The highest BCUT2D eigenvalue weighted by molar-refractivity contribution is 7.22. The van der Waals surface area contributed by atoms with Crippen LogP contribution in [0.2, 0.25) is 0 Å². The van der Waals surface area contributed by atoms with Crippen LogP contribution in [0.25, 0.3) is 112 Å². The predicted octanol–water partition coefficient (Wildman–Crippen LogP) is 28.2. The summed E-state index contributed by atoms with van der Waals surface area (Å²) in [5.74, 6) is 0. The summed E-state index contributed by atoms with van der Waals surface area (Å²) in [4.78, 5) is 15.0. The molecule has 2 aliphatic rings. The van der Waals surface area contributed by atoms with Gasteiger partial charge >= 0.3 is 0 Å². The van der Waals surface area contributed by atoms with Crippen LogP contribution in [-0.4, -0.2) is 18.0 Å². The van der Waals surface area contributed by atoms with Crippen LogP contribution in [0.3, 0.4) is 0 Å². The molecule has 0 atom stereocenters. The van der Waals surface area contributed by atoms with E-state index in [1.54, 1.807) is 0 Å². The van der Waals surface area contributed by atoms with Gasteiger partial charge in [-0.15, -0.1) is 0 Å². The molecule has 4 nitrogen and oxygen atoms in total. The minimum atomic E-state index is -2.65. The first-order valence-electron chi connectivity index (χ1n) is 42.6. The number of nitrogens with zero attached hydrogens (tertiary/aromatic N) is 4. The summed E-state index contributed by atoms with van der Waals surface area (Å²) in [5.41, 5.74) is 34.6. The van der Waals surface area contributed by atoms with E-state index in [1.165, 1.54) is 121 Å². The van der Waals surface area contributed by atoms with Crippen molar-refractivity contribution in [3.8, 4) is 112 Å². The van der Waals surface area contributed by atoms with Crippen molar-refractivity contribution in [1.82, 2.24) is 9.97 Å². The number of benzene rings is 18. The Hall–Kier alpha value is -15.9. The number of fused-ring (bicyclic) bond motifs is 6. The van der Waals surface area contributed by atoms with Gasteiger partial charge in [-0.3, -0.25) is 9.97 Å². The lowest BCUT2D eigenvalue weighted by Gasteiger charge is -2.33. The fourth-order valence-electron chi connectivity index (χ4n) is 19.1. The Labute approximate surface area is 726 Å². The largest absolute Gasteiger partial charge is 0.311 e. The van der Waals surface area contributed by atoms with Crippen molar-refractivity contribution in [2.75, 3.05) is 9.80 Å². The molecular formula is C119H84N4Si. The van der Waals surface area contributed by atoms with Gasteiger partial charge < -0.3 is 9.80 Å². The fraction of sp³-hybridized carbons (Fsp3) is 0.00840. The van der Waals surface area contributed by atoms with Crippen molar-refractivity contribution >= 4 is 62.9 Å². The van der Waals surface area contributed by atoms with Crippen LogP contribution >= 0.6 is 0 Å². The summed E-state index contributed by atoms with van der Waals surface area (Å²) in [7, 11) is -2.65. The molecule has 20 aromatic rings. The Morgan fingerprint density at radius 1 is 0.185 bits per heavy atom. The monoisotopic (exact) mass is 1600 g/mol. The van der Waals surface area contributed by atoms with Crippen molar-refractivity contribution in [2.45, 2.75) is 5.41 Å². The van der Waals surface area contributed by atoms with Crippen molar-refractivity contribution < 1.29 is 0 Å². The third-order valence-electron chi connectivity index (χ3n) is 24.9. The summed E-state index contributed by atoms with van der Waals surface area (Å²) in [6.07, 6.45) is 3.89. The van der Waals surface area contributed by atoms with Crippen LogP contribution < -0.4 is 30.5 Å². The molecule has 124 heavy (non-hydrogen) atoms. The molecule has 2 aromatic heterocycles. The molecule has 0 bridgehead atoms. The van der Waals surface area contributed by atoms with E-state index >= 15 is 0 Å². The topological polar surface area (TPSA) is 32.3 Å². The Balaban J connectivity index is 0.000000152. The average molecular weight is 1600 g/mol. The zero-order valence-electron chi connectivity index (χ0n) is 68.3. The zero-order chi connectivity index (χ0) is 82.6. The molecule has 3 heterocycles. The van der Waals surface area contributed by atoms with E-state index in [1.807, 2.05) is 12.4 Å². The predicted molar refractivity (Wildman–Crippen MR) is 521 cm³/mol. The normalized spacial score (nSPS) is 12.3. The van der Waals surface area contributed by atoms with Gasteiger partial charge in [-0.2, -0.15) is 0 Å². The summed E-state index contributed by atoms with van der Waals surface area (Å²) in [6, 6.07) is 180. The van der Waals surface area contributed by atoms with E-state index in [0.717, 1.165) is 67.8 Å². The average Bonchev–Trinajstić information content (AvgIpc) is 1.54. The van der Waals surface area contributed by atoms with E-state index in [9.17, 15) is 0 Å². The Kier molecular flexibility index (Phi) is 20.3. The Morgan fingerprint density at radius 3 is 0.823 bits per heavy atom. The van der Waals surface area contributed by atoms with Crippen LogP contribution in [0.4, 0.5) is 34.1 Å². The van der Waals surface area contributed by atoms with Gasteiger partial charge in [0, 0.05) is 57.6 Å². The standard InChI is InChI=1S/C60H42N2.C59H42N2Si/c1-5-16-43(17-6-1)45-29-35-52(36-30-45)62(53-37-31-46(32-38-53)44-18-7-2-8-19-44)54-39-33-47(34-40-54)48-20-13-21-49(42-48)55-26-14-27-56-58(55)59-57(28-15-41-61-59)60(56,50-22-9-3-10-23-50)51-24-11-4-12-25-51;1-5-16-43(17-6-1)45-29-35-50(36-30-45)61(51-37-31-46(32-38-51)44-18-7-2-8-19-44)52-39-33-47(34-40-52)48-20-13-21-49(42-48)55-26-14-27-56-58(55)59-57(28-15-41-60-59)62(56,53-22-9-3-10-23-53)54-24-11-4-12-25-54/h2*1-42H. The first-order valence-corrected chi connectivity index (χ1v) is 44.6. The molecule has 0 N–H and O–H groups in total. The number of hydrogen-bond acceptors (Lipinski definition) is 4.